The molecule has 0 N–H and O–H groups in total. The summed E-state index contributed by atoms with van der Waals surface area (Å²) in [5, 5.41) is 5.05. The molecule has 0 saturated heterocycles. The van der Waals surface area contributed by atoms with Crippen LogP contribution in [-0.2, 0) is 0 Å². The number of halogens is 1. The molecule has 0 bridgehead atoms. The smallest absolute Gasteiger partial charge is 0.224 e. The average molecular weight is 315 g/mol. The number of aryl methyl sites for hydroxylation is 3. The molecule has 5 nitrogen and oxygen atoms in total. The standard InChI is InChI=1S/C16H15ClN4O/c1-10-7-11(2)21(20-10)15-9-16(19-12(3)18-15)22-14-6-4-5-13(17)8-14/h4-9H,1-3H3. The Morgan fingerprint density at radius 3 is 2.55 bits per heavy atom. The molecule has 0 radical (unpaired) electrons. The van der Waals surface area contributed by atoms with Crippen LogP contribution in [0.1, 0.15) is 17.2 Å². The third-order valence-corrected chi connectivity index (χ3v) is 3.28. The van der Waals surface area contributed by atoms with Crippen molar-refractivity contribution >= 4 is 11.6 Å². The lowest BCUT2D eigenvalue weighted by molar-refractivity contribution is 0.459. The number of benzene rings is 1. The number of nitrogens with zero attached hydrogens (tertiary/aromatic N) is 4. The average Bonchev–Trinajstić information content (AvgIpc) is 2.77. The maximum atomic E-state index is 5.97. The summed E-state index contributed by atoms with van der Waals surface area (Å²) in [5.41, 5.74) is 1.94. The molecule has 2 heterocycles. The Balaban J connectivity index is 1.98. The summed E-state index contributed by atoms with van der Waals surface area (Å²) in [6.45, 7) is 5.75. The van der Waals surface area contributed by atoms with Crippen molar-refractivity contribution in [1.29, 1.82) is 0 Å². The fraction of sp³-hybridized carbons (Fsp3) is 0.188. The van der Waals surface area contributed by atoms with Gasteiger partial charge >= 0.3 is 0 Å². The lowest BCUT2D eigenvalue weighted by atomic mass is 10.3. The van der Waals surface area contributed by atoms with Gasteiger partial charge in [-0.25, -0.2) is 9.67 Å². The minimum Gasteiger partial charge on any atom is -0.439 e. The van der Waals surface area contributed by atoms with Crippen LogP contribution in [0.25, 0.3) is 5.82 Å². The van der Waals surface area contributed by atoms with Gasteiger partial charge in [-0.2, -0.15) is 10.1 Å². The van der Waals surface area contributed by atoms with Crippen molar-refractivity contribution in [2.45, 2.75) is 20.8 Å². The van der Waals surface area contributed by atoms with Crippen molar-refractivity contribution < 1.29 is 4.74 Å². The Morgan fingerprint density at radius 2 is 1.86 bits per heavy atom. The second-order valence-corrected chi connectivity index (χ2v) is 5.45. The van der Waals surface area contributed by atoms with E-state index in [2.05, 4.69) is 15.1 Å². The van der Waals surface area contributed by atoms with E-state index in [9.17, 15) is 0 Å². The predicted molar refractivity (Wildman–Crippen MR) is 84.9 cm³/mol. The van der Waals surface area contributed by atoms with Crippen LogP contribution in [0.4, 0.5) is 0 Å². The fourth-order valence-corrected chi connectivity index (χ4v) is 2.38. The maximum absolute atomic E-state index is 5.97. The van der Waals surface area contributed by atoms with Crippen LogP contribution < -0.4 is 4.74 Å². The highest BCUT2D eigenvalue weighted by Crippen LogP contribution is 2.24. The number of ether oxygens (including phenoxy) is 1. The second-order valence-electron chi connectivity index (χ2n) is 5.01. The largest absolute Gasteiger partial charge is 0.439 e. The molecule has 0 spiro atoms. The molecule has 112 valence electrons. The van der Waals surface area contributed by atoms with Gasteiger partial charge in [0, 0.05) is 16.8 Å². The van der Waals surface area contributed by atoms with Gasteiger partial charge in [-0.05, 0) is 45.0 Å². The Labute approximate surface area is 133 Å². The first kappa shape index (κ1) is 14.5. The Hall–Kier alpha value is -2.40. The Bertz CT molecular complexity index is 829. The maximum Gasteiger partial charge on any atom is 0.224 e. The van der Waals surface area contributed by atoms with E-state index in [0.29, 0.717) is 28.3 Å². The van der Waals surface area contributed by atoms with Crippen LogP contribution in [0.15, 0.2) is 36.4 Å². The fourth-order valence-electron chi connectivity index (χ4n) is 2.20. The molecule has 0 amide bonds. The van der Waals surface area contributed by atoms with E-state index < -0.39 is 0 Å². The van der Waals surface area contributed by atoms with E-state index >= 15 is 0 Å². The second kappa shape index (κ2) is 5.77. The zero-order chi connectivity index (χ0) is 15.7. The third-order valence-electron chi connectivity index (χ3n) is 3.05. The van der Waals surface area contributed by atoms with Gasteiger partial charge in [-0.3, -0.25) is 0 Å². The van der Waals surface area contributed by atoms with Gasteiger partial charge in [0.25, 0.3) is 0 Å². The van der Waals surface area contributed by atoms with Gasteiger partial charge in [-0.1, -0.05) is 17.7 Å². The first-order valence-electron chi connectivity index (χ1n) is 6.84. The van der Waals surface area contributed by atoms with E-state index in [1.54, 1.807) is 22.9 Å². The van der Waals surface area contributed by atoms with E-state index in [0.717, 1.165) is 11.4 Å². The highest BCUT2D eigenvalue weighted by molar-refractivity contribution is 6.30. The first-order valence-corrected chi connectivity index (χ1v) is 7.22. The monoisotopic (exact) mass is 314 g/mol. The number of aromatic nitrogens is 4. The lowest BCUT2D eigenvalue weighted by Gasteiger charge is -2.09. The molecular weight excluding hydrogens is 300 g/mol. The van der Waals surface area contributed by atoms with E-state index in [4.69, 9.17) is 16.3 Å². The van der Waals surface area contributed by atoms with Crippen molar-refractivity contribution in [2.75, 3.05) is 0 Å². The molecule has 22 heavy (non-hydrogen) atoms. The molecule has 0 unspecified atom stereocenters. The van der Waals surface area contributed by atoms with Gasteiger partial charge in [0.15, 0.2) is 5.82 Å². The molecule has 0 atom stereocenters. The molecule has 3 aromatic rings. The quantitative estimate of drug-likeness (QED) is 0.732. The molecule has 2 aromatic heterocycles. The van der Waals surface area contributed by atoms with Crippen LogP contribution in [0, 0.1) is 20.8 Å². The number of hydrogen-bond acceptors (Lipinski definition) is 4. The van der Waals surface area contributed by atoms with Crippen molar-refractivity contribution in [3.8, 4) is 17.4 Å². The van der Waals surface area contributed by atoms with Gasteiger partial charge < -0.3 is 4.74 Å². The van der Waals surface area contributed by atoms with Gasteiger partial charge in [0.05, 0.1) is 5.69 Å². The summed E-state index contributed by atoms with van der Waals surface area (Å²) in [5.74, 6) is 2.37. The van der Waals surface area contributed by atoms with Crippen LogP contribution >= 0.6 is 11.6 Å². The van der Waals surface area contributed by atoms with E-state index in [1.807, 2.05) is 39.0 Å². The predicted octanol–water partition coefficient (Wildman–Crippen LogP) is 4.03. The van der Waals surface area contributed by atoms with Crippen molar-refractivity contribution in [3.63, 3.8) is 0 Å². The molecule has 0 fully saturated rings. The summed E-state index contributed by atoms with van der Waals surface area (Å²) in [6.07, 6.45) is 0. The minimum absolute atomic E-state index is 0.456. The summed E-state index contributed by atoms with van der Waals surface area (Å²) in [4.78, 5) is 8.72. The van der Waals surface area contributed by atoms with Gasteiger partial charge in [0.1, 0.15) is 11.6 Å². The number of rotatable bonds is 3. The SMILES string of the molecule is Cc1cc(C)n(-c2cc(Oc3cccc(Cl)c3)nc(C)n2)n1. The summed E-state index contributed by atoms with van der Waals surface area (Å²) in [7, 11) is 0. The van der Waals surface area contributed by atoms with E-state index in [-0.39, 0.29) is 0 Å². The van der Waals surface area contributed by atoms with Crippen LogP contribution in [0.2, 0.25) is 5.02 Å². The van der Waals surface area contributed by atoms with Crippen molar-refractivity contribution in [3.05, 3.63) is 58.6 Å². The molecular formula is C16H15ClN4O. The Kier molecular flexibility index (Phi) is 3.81. The molecule has 0 aliphatic heterocycles. The van der Waals surface area contributed by atoms with Crippen LogP contribution in [0.5, 0.6) is 11.6 Å². The molecule has 0 aliphatic rings. The molecule has 3 rings (SSSR count). The zero-order valence-electron chi connectivity index (χ0n) is 12.5. The summed E-state index contributed by atoms with van der Waals surface area (Å²) < 4.78 is 7.54. The van der Waals surface area contributed by atoms with Gasteiger partial charge in [0.2, 0.25) is 5.88 Å². The zero-order valence-corrected chi connectivity index (χ0v) is 13.3. The molecule has 6 heteroatoms. The normalized spacial score (nSPS) is 10.7. The molecule has 0 saturated carbocycles. The highest BCUT2D eigenvalue weighted by Gasteiger charge is 2.09. The summed E-state index contributed by atoms with van der Waals surface area (Å²) in [6, 6.07) is 10.9. The Morgan fingerprint density at radius 1 is 1.05 bits per heavy atom. The topological polar surface area (TPSA) is 52.8 Å². The molecule has 1 aromatic carbocycles. The minimum atomic E-state index is 0.456. The first-order chi connectivity index (χ1) is 10.5. The third kappa shape index (κ3) is 3.09. The highest BCUT2D eigenvalue weighted by atomic mass is 35.5. The molecule has 0 aliphatic carbocycles. The van der Waals surface area contributed by atoms with Crippen molar-refractivity contribution in [1.82, 2.24) is 19.7 Å². The van der Waals surface area contributed by atoms with Crippen LogP contribution in [-0.4, -0.2) is 19.7 Å². The lowest BCUT2D eigenvalue weighted by Crippen LogP contribution is -2.05. The van der Waals surface area contributed by atoms with Crippen molar-refractivity contribution in [2.24, 2.45) is 0 Å². The summed E-state index contributed by atoms with van der Waals surface area (Å²) >= 11 is 5.97. The van der Waals surface area contributed by atoms with E-state index in [1.165, 1.54) is 0 Å². The number of hydrogen-bond donors (Lipinski definition) is 0. The van der Waals surface area contributed by atoms with Crippen LogP contribution in [0.3, 0.4) is 0 Å². The van der Waals surface area contributed by atoms with Gasteiger partial charge in [-0.15, -0.1) is 0 Å².